The lowest BCUT2D eigenvalue weighted by atomic mass is 10.1. The zero-order valence-corrected chi connectivity index (χ0v) is 8.38. The maximum absolute atomic E-state index is 10.7. The van der Waals surface area contributed by atoms with Crippen LogP contribution in [-0.4, -0.2) is 25.3 Å². The van der Waals surface area contributed by atoms with Crippen LogP contribution < -0.4 is 0 Å². The third-order valence-electron chi connectivity index (χ3n) is 1.83. The zero-order valence-electron chi connectivity index (χ0n) is 7.62. The molecule has 69 valence electrons. The molecular weight excluding hydrogens is 186 g/mol. The molecule has 0 aromatic heterocycles. The van der Waals surface area contributed by atoms with E-state index in [4.69, 9.17) is 11.6 Å². The van der Waals surface area contributed by atoms with E-state index in [1.165, 1.54) is 0 Å². The van der Waals surface area contributed by atoms with Gasteiger partial charge in [-0.05, 0) is 25.7 Å². The van der Waals surface area contributed by atoms with Gasteiger partial charge in [-0.25, -0.2) is 0 Å². The number of halogens is 1. The van der Waals surface area contributed by atoms with Gasteiger partial charge in [0.05, 0.1) is 0 Å². The first-order chi connectivity index (χ1) is 6.16. The van der Waals surface area contributed by atoms with Crippen molar-refractivity contribution in [3.63, 3.8) is 0 Å². The normalized spacial score (nSPS) is 12.9. The minimum Gasteiger partial charge on any atom is -0.296 e. The van der Waals surface area contributed by atoms with Crippen LogP contribution in [0.4, 0.5) is 0 Å². The smallest absolute Gasteiger partial charge is 0.222 e. The minimum absolute atomic E-state index is 0.381. The molecule has 0 spiro atoms. The number of hydrogen-bond donors (Lipinski definition) is 0. The van der Waals surface area contributed by atoms with E-state index >= 15 is 0 Å². The van der Waals surface area contributed by atoms with Crippen LogP contribution in [0.2, 0.25) is 5.02 Å². The molecule has 0 bridgehead atoms. The molecule has 1 radical (unpaired) electrons. The lowest BCUT2D eigenvalue weighted by Crippen LogP contribution is -2.21. The summed E-state index contributed by atoms with van der Waals surface area (Å²) in [6.07, 6.45) is 1.95. The number of rotatable bonds is 3. The highest BCUT2D eigenvalue weighted by Gasteiger charge is 2.15. The Morgan fingerprint density at radius 1 is 1.38 bits per heavy atom. The van der Waals surface area contributed by atoms with Gasteiger partial charge in [0.25, 0.3) is 0 Å². The summed E-state index contributed by atoms with van der Waals surface area (Å²) in [7, 11) is 3.64. The molecule has 0 saturated heterocycles. The van der Waals surface area contributed by atoms with Crippen molar-refractivity contribution >= 4 is 17.9 Å². The fourth-order valence-corrected chi connectivity index (χ4v) is 1.38. The second-order valence-corrected chi connectivity index (χ2v) is 3.41. The summed E-state index contributed by atoms with van der Waals surface area (Å²) in [6, 6.07) is 6.91. The first kappa shape index (κ1) is 10.2. The maximum atomic E-state index is 10.7. The van der Waals surface area contributed by atoms with Crippen molar-refractivity contribution in [1.82, 2.24) is 4.90 Å². The molecule has 13 heavy (non-hydrogen) atoms. The fourth-order valence-electron chi connectivity index (χ4n) is 1.14. The Hall–Kier alpha value is -0.860. The van der Waals surface area contributed by atoms with Crippen LogP contribution in [0.25, 0.3) is 0 Å². The van der Waals surface area contributed by atoms with Gasteiger partial charge in [0.15, 0.2) is 0 Å². The first-order valence-corrected chi connectivity index (χ1v) is 4.33. The van der Waals surface area contributed by atoms with Gasteiger partial charge in [-0.2, -0.15) is 0 Å². The second kappa shape index (κ2) is 4.40. The van der Waals surface area contributed by atoms with Crippen LogP contribution in [0.15, 0.2) is 24.3 Å². The predicted molar refractivity (Wildman–Crippen MR) is 53.6 cm³/mol. The van der Waals surface area contributed by atoms with Gasteiger partial charge in [0, 0.05) is 5.02 Å². The Kier molecular flexibility index (Phi) is 3.46. The summed E-state index contributed by atoms with van der Waals surface area (Å²) in [5, 5.41) is 0.601. The van der Waals surface area contributed by atoms with Gasteiger partial charge in [0.1, 0.15) is 6.04 Å². The molecule has 3 heteroatoms. The van der Waals surface area contributed by atoms with Crippen molar-refractivity contribution in [2.24, 2.45) is 0 Å². The summed E-state index contributed by atoms with van der Waals surface area (Å²) in [5.41, 5.74) is 0.796. The highest BCUT2D eigenvalue weighted by Crippen LogP contribution is 2.23. The molecule has 0 aliphatic heterocycles. The van der Waals surface area contributed by atoms with Crippen LogP contribution in [0.3, 0.4) is 0 Å². The standard InChI is InChI=1S/C10H11ClNO/c1-12(2)10(7-13)8-5-3-4-6-9(8)11/h3-6,10H,1-2H3. The molecule has 1 unspecified atom stereocenters. The van der Waals surface area contributed by atoms with E-state index in [2.05, 4.69) is 0 Å². The summed E-state index contributed by atoms with van der Waals surface area (Å²) in [4.78, 5) is 12.4. The van der Waals surface area contributed by atoms with Crippen molar-refractivity contribution in [1.29, 1.82) is 0 Å². The predicted octanol–water partition coefficient (Wildman–Crippen LogP) is 2.05. The minimum atomic E-state index is -0.381. The Labute approximate surface area is 83.1 Å². The van der Waals surface area contributed by atoms with Crippen LogP contribution in [-0.2, 0) is 4.79 Å². The highest BCUT2D eigenvalue weighted by molar-refractivity contribution is 6.31. The van der Waals surface area contributed by atoms with Crippen LogP contribution in [0, 0.1) is 0 Å². The van der Waals surface area contributed by atoms with Crippen LogP contribution in [0.5, 0.6) is 0 Å². The number of benzene rings is 1. The maximum Gasteiger partial charge on any atom is 0.222 e. The topological polar surface area (TPSA) is 20.3 Å². The average molecular weight is 197 g/mol. The van der Waals surface area contributed by atoms with E-state index < -0.39 is 0 Å². The second-order valence-electron chi connectivity index (χ2n) is 3.01. The summed E-state index contributed by atoms with van der Waals surface area (Å²) in [6.45, 7) is 0. The lowest BCUT2D eigenvalue weighted by molar-refractivity contribution is 0.355. The van der Waals surface area contributed by atoms with Crippen molar-refractivity contribution in [3.8, 4) is 0 Å². The molecule has 0 saturated carbocycles. The van der Waals surface area contributed by atoms with E-state index in [0.29, 0.717) is 5.02 Å². The van der Waals surface area contributed by atoms with E-state index in [1.807, 2.05) is 38.6 Å². The monoisotopic (exact) mass is 196 g/mol. The molecule has 1 aromatic rings. The number of likely N-dealkylation sites (N-methyl/N-ethyl adjacent to an activating group) is 1. The number of carbonyl (C=O) groups excluding carboxylic acids is 1. The Balaban J connectivity index is 3.04. The molecule has 0 aliphatic rings. The average Bonchev–Trinajstić information content (AvgIpc) is 2.09. The molecule has 0 N–H and O–H groups in total. The molecular formula is C10H11ClNO. The number of nitrogens with zero attached hydrogens (tertiary/aromatic N) is 1. The van der Waals surface area contributed by atoms with Crippen molar-refractivity contribution < 1.29 is 4.79 Å². The Bertz CT molecular complexity index is 299. The van der Waals surface area contributed by atoms with Crippen molar-refractivity contribution in [3.05, 3.63) is 34.9 Å². The van der Waals surface area contributed by atoms with Crippen LogP contribution in [0.1, 0.15) is 11.6 Å². The SMILES string of the molecule is CN(C)C([C]=O)c1ccccc1Cl. The summed E-state index contributed by atoms with van der Waals surface area (Å²) < 4.78 is 0. The van der Waals surface area contributed by atoms with E-state index in [9.17, 15) is 4.79 Å². The van der Waals surface area contributed by atoms with Gasteiger partial charge in [-0.1, -0.05) is 29.8 Å². The van der Waals surface area contributed by atoms with Crippen molar-refractivity contribution in [2.45, 2.75) is 6.04 Å². The molecule has 0 fully saturated rings. The van der Waals surface area contributed by atoms with Crippen molar-refractivity contribution in [2.75, 3.05) is 14.1 Å². The molecule has 0 amide bonds. The summed E-state index contributed by atoms with van der Waals surface area (Å²) in [5.74, 6) is 0. The third-order valence-corrected chi connectivity index (χ3v) is 2.17. The molecule has 2 nitrogen and oxygen atoms in total. The van der Waals surface area contributed by atoms with Gasteiger partial charge >= 0.3 is 0 Å². The van der Waals surface area contributed by atoms with E-state index in [-0.39, 0.29) is 6.04 Å². The first-order valence-electron chi connectivity index (χ1n) is 3.95. The zero-order chi connectivity index (χ0) is 9.84. The van der Waals surface area contributed by atoms with E-state index in [1.54, 1.807) is 11.0 Å². The highest BCUT2D eigenvalue weighted by atomic mass is 35.5. The fraction of sp³-hybridized carbons (Fsp3) is 0.300. The van der Waals surface area contributed by atoms with Gasteiger partial charge < -0.3 is 0 Å². The molecule has 0 heterocycles. The van der Waals surface area contributed by atoms with Gasteiger partial charge in [0.2, 0.25) is 6.29 Å². The molecule has 1 aromatic carbocycles. The summed E-state index contributed by atoms with van der Waals surface area (Å²) >= 11 is 5.94. The van der Waals surface area contributed by atoms with E-state index in [0.717, 1.165) is 5.56 Å². The Morgan fingerprint density at radius 3 is 2.46 bits per heavy atom. The number of hydrogen-bond acceptors (Lipinski definition) is 2. The Morgan fingerprint density at radius 2 is 2.00 bits per heavy atom. The third kappa shape index (κ3) is 2.29. The van der Waals surface area contributed by atoms with Crippen LogP contribution >= 0.6 is 11.6 Å². The molecule has 1 rings (SSSR count). The molecule has 1 atom stereocenters. The molecule has 0 aliphatic carbocycles. The largest absolute Gasteiger partial charge is 0.296 e. The quantitative estimate of drug-likeness (QED) is 0.738. The van der Waals surface area contributed by atoms with Gasteiger partial charge in [-0.3, -0.25) is 9.69 Å². The lowest BCUT2D eigenvalue weighted by Gasteiger charge is -2.18. The van der Waals surface area contributed by atoms with Gasteiger partial charge in [-0.15, -0.1) is 0 Å².